The highest BCUT2D eigenvalue weighted by atomic mass is 79.9. The summed E-state index contributed by atoms with van der Waals surface area (Å²) in [6.07, 6.45) is 2.93. The van der Waals surface area contributed by atoms with Crippen molar-refractivity contribution in [2.45, 2.75) is 18.2 Å². The molecule has 0 unspecified atom stereocenters. The first-order valence-corrected chi connectivity index (χ1v) is 8.41. The van der Waals surface area contributed by atoms with Crippen LogP contribution in [-0.4, -0.2) is 28.1 Å². The molecule has 112 valence electrons. The maximum atomic E-state index is 12.2. The van der Waals surface area contributed by atoms with Crippen molar-refractivity contribution < 1.29 is 8.42 Å². The highest BCUT2D eigenvalue weighted by Crippen LogP contribution is 2.20. The van der Waals surface area contributed by atoms with Crippen LogP contribution in [0, 0.1) is 6.92 Å². The van der Waals surface area contributed by atoms with Crippen LogP contribution >= 0.6 is 28.3 Å². The SMILES string of the molecule is Cc1cc(Br)ccc1S(=O)(=O)NCC1=CCNCC1.Cl. The van der Waals surface area contributed by atoms with E-state index in [0.717, 1.165) is 35.1 Å². The van der Waals surface area contributed by atoms with Crippen LogP contribution in [0.15, 0.2) is 39.2 Å². The van der Waals surface area contributed by atoms with Crippen molar-refractivity contribution in [1.82, 2.24) is 10.0 Å². The summed E-state index contributed by atoms with van der Waals surface area (Å²) in [5.74, 6) is 0. The topological polar surface area (TPSA) is 58.2 Å². The number of aryl methyl sites for hydroxylation is 1. The van der Waals surface area contributed by atoms with Gasteiger partial charge in [0.05, 0.1) is 4.90 Å². The summed E-state index contributed by atoms with van der Waals surface area (Å²) in [5.41, 5.74) is 1.87. The van der Waals surface area contributed by atoms with E-state index in [1.807, 2.05) is 6.08 Å². The first-order valence-electron chi connectivity index (χ1n) is 6.13. The molecule has 0 aliphatic carbocycles. The van der Waals surface area contributed by atoms with Gasteiger partial charge in [-0.1, -0.05) is 27.6 Å². The van der Waals surface area contributed by atoms with Crippen LogP contribution in [0.25, 0.3) is 0 Å². The number of nitrogens with one attached hydrogen (secondary N) is 2. The third kappa shape index (κ3) is 4.56. The number of hydrogen-bond acceptors (Lipinski definition) is 3. The minimum absolute atomic E-state index is 0. The molecule has 1 aliphatic rings. The molecular weight excluding hydrogens is 364 g/mol. The Morgan fingerprint density at radius 1 is 1.40 bits per heavy atom. The Morgan fingerprint density at radius 2 is 2.15 bits per heavy atom. The summed E-state index contributed by atoms with van der Waals surface area (Å²) in [7, 11) is -3.44. The molecule has 20 heavy (non-hydrogen) atoms. The molecule has 1 heterocycles. The van der Waals surface area contributed by atoms with Crippen molar-refractivity contribution in [2.24, 2.45) is 0 Å². The molecule has 0 atom stereocenters. The van der Waals surface area contributed by atoms with Crippen LogP contribution < -0.4 is 10.0 Å². The molecule has 0 aromatic heterocycles. The van der Waals surface area contributed by atoms with E-state index < -0.39 is 10.0 Å². The van der Waals surface area contributed by atoms with Gasteiger partial charge in [0, 0.05) is 17.6 Å². The van der Waals surface area contributed by atoms with Gasteiger partial charge in [-0.3, -0.25) is 0 Å². The molecule has 7 heteroatoms. The smallest absolute Gasteiger partial charge is 0.241 e. The third-order valence-corrected chi connectivity index (χ3v) is 5.13. The van der Waals surface area contributed by atoms with Crippen LogP contribution in [0.3, 0.4) is 0 Å². The van der Waals surface area contributed by atoms with Crippen molar-refractivity contribution in [1.29, 1.82) is 0 Å². The quantitative estimate of drug-likeness (QED) is 0.787. The lowest BCUT2D eigenvalue weighted by Gasteiger charge is -2.15. The lowest BCUT2D eigenvalue weighted by molar-refractivity contribution is 0.581. The molecule has 1 aromatic rings. The highest BCUT2D eigenvalue weighted by molar-refractivity contribution is 9.10. The van der Waals surface area contributed by atoms with E-state index in [2.05, 4.69) is 26.0 Å². The van der Waals surface area contributed by atoms with Gasteiger partial charge in [-0.25, -0.2) is 13.1 Å². The zero-order valence-corrected chi connectivity index (χ0v) is 14.4. The molecule has 2 N–H and O–H groups in total. The number of sulfonamides is 1. The van der Waals surface area contributed by atoms with Crippen LogP contribution in [0.1, 0.15) is 12.0 Å². The van der Waals surface area contributed by atoms with E-state index in [1.165, 1.54) is 0 Å². The minimum atomic E-state index is -3.44. The fourth-order valence-corrected chi connectivity index (χ4v) is 3.75. The molecular formula is C13H18BrClN2O2S. The first-order chi connectivity index (χ1) is 8.99. The molecule has 0 fully saturated rings. The van der Waals surface area contributed by atoms with Crippen molar-refractivity contribution in [3.8, 4) is 0 Å². The molecule has 0 saturated carbocycles. The van der Waals surface area contributed by atoms with Crippen LogP contribution in [-0.2, 0) is 10.0 Å². The maximum absolute atomic E-state index is 12.2. The van der Waals surface area contributed by atoms with E-state index in [1.54, 1.807) is 25.1 Å². The number of hydrogen-bond donors (Lipinski definition) is 2. The molecule has 1 aromatic carbocycles. The fraction of sp³-hybridized carbons (Fsp3) is 0.385. The van der Waals surface area contributed by atoms with Crippen LogP contribution in [0.5, 0.6) is 0 Å². The second-order valence-corrected chi connectivity index (χ2v) is 7.20. The molecule has 0 saturated heterocycles. The maximum Gasteiger partial charge on any atom is 0.241 e. The summed E-state index contributed by atoms with van der Waals surface area (Å²) < 4.78 is 28.0. The van der Waals surface area contributed by atoms with Crippen LogP contribution in [0.4, 0.5) is 0 Å². The molecule has 0 bridgehead atoms. The predicted molar refractivity (Wildman–Crippen MR) is 86.9 cm³/mol. The Bertz CT molecular complexity index is 602. The predicted octanol–water partition coefficient (Wildman–Crippen LogP) is 2.38. The lowest BCUT2D eigenvalue weighted by atomic mass is 10.1. The van der Waals surface area contributed by atoms with Gasteiger partial charge in [0.2, 0.25) is 10.0 Å². The number of benzene rings is 1. The van der Waals surface area contributed by atoms with Crippen molar-refractivity contribution in [3.05, 3.63) is 39.9 Å². The fourth-order valence-electron chi connectivity index (χ4n) is 2.01. The van der Waals surface area contributed by atoms with E-state index in [4.69, 9.17) is 0 Å². The van der Waals surface area contributed by atoms with E-state index in [-0.39, 0.29) is 12.4 Å². The monoisotopic (exact) mass is 380 g/mol. The minimum Gasteiger partial charge on any atom is -0.313 e. The Balaban J connectivity index is 0.00000200. The average Bonchev–Trinajstić information content (AvgIpc) is 2.37. The van der Waals surface area contributed by atoms with Gasteiger partial charge < -0.3 is 5.32 Å². The Morgan fingerprint density at radius 3 is 2.75 bits per heavy atom. The standard InChI is InChI=1S/C13H17BrN2O2S.ClH/c1-10-8-12(14)2-3-13(10)19(17,18)16-9-11-4-6-15-7-5-11;/h2-4,8,15-16H,5-7,9H2,1H3;1H. The van der Waals surface area contributed by atoms with E-state index in [0.29, 0.717) is 11.4 Å². The second kappa shape index (κ2) is 7.56. The normalized spacial score (nSPS) is 15.4. The summed E-state index contributed by atoms with van der Waals surface area (Å²) in [4.78, 5) is 0.338. The summed E-state index contributed by atoms with van der Waals surface area (Å²) in [6.45, 7) is 3.90. The van der Waals surface area contributed by atoms with Gasteiger partial charge in [0.15, 0.2) is 0 Å². The van der Waals surface area contributed by atoms with Crippen molar-refractivity contribution >= 4 is 38.4 Å². The highest BCUT2D eigenvalue weighted by Gasteiger charge is 2.17. The number of rotatable bonds is 4. The summed E-state index contributed by atoms with van der Waals surface area (Å²) in [5, 5.41) is 3.20. The summed E-state index contributed by atoms with van der Waals surface area (Å²) in [6, 6.07) is 5.17. The van der Waals surface area contributed by atoms with Gasteiger partial charge in [-0.05, 0) is 43.7 Å². The van der Waals surface area contributed by atoms with Crippen LogP contribution in [0.2, 0.25) is 0 Å². The van der Waals surface area contributed by atoms with Gasteiger partial charge in [0.25, 0.3) is 0 Å². The van der Waals surface area contributed by atoms with Crippen molar-refractivity contribution in [3.63, 3.8) is 0 Å². The van der Waals surface area contributed by atoms with Gasteiger partial charge >= 0.3 is 0 Å². The summed E-state index contributed by atoms with van der Waals surface area (Å²) >= 11 is 3.33. The Hall–Kier alpha value is -0.400. The zero-order chi connectivity index (χ0) is 13.9. The second-order valence-electron chi connectivity index (χ2n) is 4.55. The van der Waals surface area contributed by atoms with Gasteiger partial charge in [0.1, 0.15) is 0 Å². The third-order valence-electron chi connectivity index (χ3n) is 3.07. The molecule has 1 aliphatic heterocycles. The first kappa shape index (κ1) is 17.7. The van der Waals surface area contributed by atoms with Gasteiger partial charge in [-0.15, -0.1) is 12.4 Å². The lowest BCUT2D eigenvalue weighted by Crippen LogP contribution is -2.30. The molecule has 0 spiro atoms. The number of halogens is 2. The molecule has 4 nitrogen and oxygen atoms in total. The molecule has 2 rings (SSSR count). The van der Waals surface area contributed by atoms with Crippen molar-refractivity contribution in [2.75, 3.05) is 19.6 Å². The Labute approximate surface area is 134 Å². The Kier molecular flexibility index (Phi) is 6.68. The average molecular weight is 382 g/mol. The molecule has 0 radical (unpaired) electrons. The largest absolute Gasteiger partial charge is 0.313 e. The van der Waals surface area contributed by atoms with E-state index in [9.17, 15) is 8.42 Å². The van der Waals surface area contributed by atoms with E-state index >= 15 is 0 Å². The zero-order valence-electron chi connectivity index (χ0n) is 11.1. The van der Waals surface area contributed by atoms with Gasteiger partial charge in [-0.2, -0.15) is 0 Å². The molecule has 0 amide bonds.